The van der Waals surface area contributed by atoms with Crippen molar-refractivity contribution in [2.24, 2.45) is 0 Å². The van der Waals surface area contributed by atoms with E-state index >= 15 is 0 Å². The normalized spacial score (nSPS) is 25.3. The highest BCUT2D eigenvalue weighted by molar-refractivity contribution is 7.91. The number of para-hydroxylation sites is 1. The molecule has 0 radical (unpaired) electrons. The van der Waals surface area contributed by atoms with E-state index in [1.54, 1.807) is 11.1 Å². The topological polar surface area (TPSA) is 90.8 Å². The van der Waals surface area contributed by atoms with Crippen LogP contribution in [0.15, 0.2) is 36.5 Å². The first-order chi connectivity index (χ1) is 12.5. The van der Waals surface area contributed by atoms with Gasteiger partial charge in [0.1, 0.15) is 0 Å². The Kier molecular flexibility index (Phi) is 4.42. The summed E-state index contributed by atoms with van der Waals surface area (Å²) in [5.74, 6) is -0.164. The van der Waals surface area contributed by atoms with Crippen molar-refractivity contribution in [3.63, 3.8) is 0 Å². The van der Waals surface area contributed by atoms with Gasteiger partial charge in [0.2, 0.25) is 0 Å². The van der Waals surface area contributed by atoms with Crippen molar-refractivity contribution in [1.29, 1.82) is 0 Å². The molecule has 1 N–H and O–H groups in total. The fourth-order valence-corrected chi connectivity index (χ4v) is 6.05. The van der Waals surface area contributed by atoms with Crippen molar-refractivity contribution in [3.8, 4) is 0 Å². The molecule has 8 heteroatoms. The quantitative estimate of drug-likeness (QED) is 0.821. The molecule has 0 bridgehead atoms. The molecule has 2 saturated heterocycles. The number of aliphatic hydroxyl groups is 1. The molecule has 0 aliphatic carbocycles. The van der Waals surface area contributed by atoms with Crippen LogP contribution in [0.4, 0.5) is 0 Å². The van der Waals surface area contributed by atoms with E-state index in [1.165, 1.54) is 0 Å². The van der Waals surface area contributed by atoms with Crippen LogP contribution in [0.25, 0.3) is 10.9 Å². The number of benzene rings is 1. The van der Waals surface area contributed by atoms with Crippen LogP contribution in [0.3, 0.4) is 0 Å². The summed E-state index contributed by atoms with van der Waals surface area (Å²) in [7, 11) is -3.20. The molecule has 4 rings (SSSR count). The highest BCUT2D eigenvalue weighted by Crippen LogP contribution is 2.28. The maximum Gasteiger partial charge on any atom is 0.255 e. The molecule has 138 valence electrons. The molecule has 0 unspecified atom stereocenters. The Bertz CT molecular complexity index is 946. The van der Waals surface area contributed by atoms with Gasteiger partial charge in [0.05, 0.1) is 35.2 Å². The highest BCUT2D eigenvalue weighted by atomic mass is 32.2. The summed E-state index contributed by atoms with van der Waals surface area (Å²) in [4.78, 5) is 21.1. The molecule has 0 spiro atoms. The second-order valence-corrected chi connectivity index (χ2v) is 9.04. The average molecular weight is 375 g/mol. The van der Waals surface area contributed by atoms with Crippen LogP contribution in [-0.4, -0.2) is 84.0 Å². The Morgan fingerprint density at radius 1 is 1.19 bits per heavy atom. The number of aliphatic hydroxyl groups excluding tert-OH is 1. The number of sulfone groups is 1. The third-order valence-electron chi connectivity index (χ3n) is 5.28. The van der Waals surface area contributed by atoms with Gasteiger partial charge in [-0.15, -0.1) is 0 Å². The zero-order valence-electron chi connectivity index (χ0n) is 14.3. The van der Waals surface area contributed by atoms with Crippen LogP contribution >= 0.6 is 0 Å². The number of hydrogen-bond donors (Lipinski definition) is 1. The van der Waals surface area contributed by atoms with E-state index in [2.05, 4.69) is 4.98 Å². The molecule has 7 nitrogen and oxygen atoms in total. The average Bonchev–Trinajstić information content (AvgIpc) is 2.96. The predicted molar refractivity (Wildman–Crippen MR) is 97.7 cm³/mol. The third kappa shape index (κ3) is 3.08. The summed E-state index contributed by atoms with van der Waals surface area (Å²) < 4.78 is 24.4. The van der Waals surface area contributed by atoms with Crippen molar-refractivity contribution in [1.82, 2.24) is 14.8 Å². The highest BCUT2D eigenvalue weighted by Gasteiger charge is 2.47. The van der Waals surface area contributed by atoms with Crippen molar-refractivity contribution < 1.29 is 18.3 Å². The number of fused-ring (bicyclic) bond motifs is 2. The summed E-state index contributed by atoms with van der Waals surface area (Å²) >= 11 is 0. The number of aromatic nitrogens is 1. The Morgan fingerprint density at radius 3 is 2.77 bits per heavy atom. The molecule has 2 fully saturated rings. The zero-order chi connectivity index (χ0) is 18.3. The van der Waals surface area contributed by atoms with Gasteiger partial charge in [0.25, 0.3) is 5.91 Å². The molecule has 1 aromatic heterocycles. The lowest BCUT2D eigenvalue weighted by molar-refractivity contribution is 0.0281. The van der Waals surface area contributed by atoms with Crippen LogP contribution in [-0.2, 0) is 9.84 Å². The minimum absolute atomic E-state index is 0.0215. The molecule has 2 aromatic rings. The van der Waals surface area contributed by atoms with Crippen LogP contribution in [0, 0.1) is 0 Å². The molecule has 2 aliphatic heterocycles. The second-order valence-electron chi connectivity index (χ2n) is 6.89. The van der Waals surface area contributed by atoms with E-state index in [4.69, 9.17) is 0 Å². The molecular formula is C18H21N3O4S. The number of nitrogens with zero attached hydrogens (tertiary/aromatic N) is 3. The number of pyridine rings is 1. The standard InChI is InChI=1S/C18H21N3O4S/c22-8-7-20-5-6-21(17-12-26(24,25)11-16(17)20)18(23)14-9-13-3-1-2-4-15(13)19-10-14/h1-4,9-10,16-17,22H,5-8,11-12H2/t16-,17+/m0/s1. The first kappa shape index (κ1) is 17.4. The SMILES string of the molecule is O=C(c1cnc2ccccc2c1)N1CCN(CCO)[C@H]2CS(=O)(=O)C[C@H]21. The Balaban J connectivity index is 1.64. The first-order valence-corrected chi connectivity index (χ1v) is 10.5. The van der Waals surface area contributed by atoms with Gasteiger partial charge in [-0.05, 0) is 12.1 Å². The van der Waals surface area contributed by atoms with Crippen molar-refractivity contribution in [2.75, 3.05) is 37.7 Å². The van der Waals surface area contributed by atoms with Crippen LogP contribution in [0.5, 0.6) is 0 Å². The Morgan fingerprint density at radius 2 is 1.96 bits per heavy atom. The van der Waals surface area contributed by atoms with Crippen molar-refractivity contribution in [2.45, 2.75) is 12.1 Å². The summed E-state index contributed by atoms with van der Waals surface area (Å²) in [6.45, 7) is 1.41. The van der Waals surface area contributed by atoms with E-state index in [0.717, 1.165) is 10.9 Å². The number of rotatable bonds is 3. The summed E-state index contributed by atoms with van der Waals surface area (Å²) in [5, 5.41) is 10.1. The van der Waals surface area contributed by atoms with Gasteiger partial charge in [0.15, 0.2) is 9.84 Å². The maximum atomic E-state index is 13.1. The van der Waals surface area contributed by atoms with Crippen LogP contribution < -0.4 is 0 Å². The van der Waals surface area contributed by atoms with Gasteiger partial charge in [0, 0.05) is 37.3 Å². The van der Waals surface area contributed by atoms with E-state index in [9.17, 15) is 18.3 Å². The van der Waals surface area contributed by atoms with Gasteiger partial charge >= 0.3 is 0 Å². The first-order valence-electron chi connectivity index (χ1n) is 8.69. The fraction of sp³-hybridized carbons (Fsp3) is 0.444. The zero-order valence-corrected chi connectivity index (χ0v) is 15.1. The van der Waals surface area contributed by atoms with Crippen LogP contribution in [0.2, 0.25) is 0 Å². The number of carbonyl (C=O) groups is 1. The summed E-state index contributed by atoms with van der Waals surface area (Å²) in [6, 6.07) is 8.76. The molecule has 2 aliphatic rings. The molecular weight excluding hydrogens is 354 g/mol. The number of carbonyl (C=O) groups excluding carboxylic acids is 1. The lowest BCUT2D eigenvalue weighted by Crippen LogP contribution is -2.61. The number of amides is 1. The molecule has 26 heavy (non-hydrogen) atoms. The van der Waals surface area contributed by atoms with Gasteiger partial charge in [-0.3, -0.25) is 14.7 Å². The van der Waals surface area contributed by atoms with Gasteiger partial charge in [-0.1, -0.05) is 18.2 Å². The van der Waals surface area contributed by atoms with E-state index in [-0.39, 0.29) is 36.1 Å². The van der Waals surface area contributed by atoms with Gasteiger partial charge in [-0.2, -0.15) is 0 Å². The summed E-state index contributed by atoms with van der Waals surface area (Å²) in [6.07, 6.45) is 1.56. The van der Waals surface area contributed by atoms with Crippen molar-refractivity contribution >= 4 is 26.6 Å². The molecule has 3 heterocycles. The predicted octanol–water partition coefficient (Wildman–Crippen LogP) is 0.151. The minimum atomic E-state index is -3.20. The molecule has 1 aromatic carbocycles. The number of β-amino-alcohol motifs (C(OH)–C–C–N with tert-alkyl or cyclic N) is 1. The molecule has 2 atom stereocenters. The molecule has 0 saturated carbocycles. The lowest BCUT2D eigenvalue weighted by atomic mass is 10.0. The fourth-order valence-electron chi connectivity index (χ4n) is 4.04. The third-order valence-corrected chi connectivity index (χ3v) is 6.98. The van der Waals surface area contributed by atoms with Gasteiger partial charge < -0.3 is 10.0 Å². The largest absolute Gasteiger partial charge is 0.395 e. The second kappa shape index (κ2) is 6.61. The smallest absolute Gasteiger partial charge is 0.255 e. The minimum Gasteiger partial charge on any atom is -0.395 e. The summed E-state index contributed by atoms with van der Waals surface area (Å²) in [5.41, 5.74) is 1.29. The van der Waals surface area contributed by atoms with E-state index in [1.807, 2.05) is 35.2 Å². The lowest BCUT2D eigenvalue weighted by Gasteiger charge is -2.43. The maximum absolute atomic E-state index is 13.1. The van der Waals surface area contributed by atoms with Gasteiger partial charge in [-0.25, -0.2) is 8.42 Å². The van der Waals surface area contributed by atoms with E-state index < -0.39 is 9.84 Å². The monoisotopic (exact) mass is 375 g/mol. The van der Waals surface area contributed by atoms with Crippen molar-refractivity contribution in [3.05, 3.63) is 42.1 Å². The van der Waals surface area contributed by atoms with E-state index in [0.29, 0.717) is 25.2 Å². The Labute approximate surface area is 152 Å². The number of piperazine rings is 1. The molecule has 1 amide bonds. The Hall–Kier alpha value is -2.03. The number of hydrogen-bond acceptors (Lipinski definition) is 6. The van der Waals surface area contributed by atoms with Crippen LogP contribution in [0.1, 0.15) is 10.4 Å².